The molecule has 3 aromatic carbocycles. The second-order valence-electron chi connectivity index (χ2n) is 6.60. The van der Waals surface area contributed by atoms with Crippen molar-refractivity contribution in [3.05, 3.63) is 83.7 Å². The van der Waals surface area contributed by atoms with Crippen molar-refractivity contribution in [2.24, 2.45) is 0 Å². The molecule has 7 heteroatoms. The smallest absolute Gasteiger partial charge is 0.268 e. The molecule has 0 aliphatic carbocycles. The SMILES string of the molecule is COc1ccc(NC(=O)c2sc(Nc3cccc(OC)c3)nc2-c2ccccc2)cc1. The quantitative estimate of drug-likeness (QED) is 0.386. The number of ether oxygens (including phenoxy) is 2. The van der Waals surface area contributed by atoms with E-state index >= 15 is 0 Å². The maximum absolute atomic E-state index is 13.1. The Labute approximate surface area is 184 Å². The number of rotatable bonds is 7. The van der Waals surface area contributed by atoms with Crippen molar-refractivity contribution < 1.29 is 14.3 Å². The van der Waals surface area contributed by atoms with Gasteiger partial charge >= 0.3 is 0 Å². The van der Waals surface area contributed by atoms with Gasteiger partial charge in [-0.2, -0.15) is 0 Å². The van der Waals surface area contributed by atoms with Crippen LogP contribution in [-0.4, -0.2) is 25.1 Å². The number of hydrogen-bond acceptors (Lipinski definition) is 6. The average Bonchev–Trinajstić information content (AvgIpc) is 3.24. The van der Waals surface area contributed by atoms with E-state index in [4.69, 9.17) is 14.5 Å². The fourth-order valence-electron chi connectivity index (χ4n) is 3.01. The number of amides is 1. The van der Waals surface area contributed by atoms with Gasteiger partial charge in [-0.1, -0.05) is 47.7 Å². The Kier molecular flexibility index (Phi) is 6.14. The summed E-state index contributed by atoms with van der Waals surface area (Å²) in [5.41, 5.74) is 3.01. The minimum Gasteiger partial charge on any atom is -0.497 e. The van der Waals surface area contributed by atoms with Gasteiger partial charge in [-0.15, -0.1) is 0 Å². The minimum atomic E-state index is -0.222. The van der Waals surface area contributed by atoms with E-state index in [1.807, 2.05) is 54.6 Å². The molecule has 0 unspecified atom stereocenters. The summed E-state index contributed by atoms with van der Waals surface area (Å²) in [6.45, 7) is 0. The van der Waals surface area contributed by atoms with Gasteiger partial charge in [0.1, 0.15) is 16.4 Å². The van der Waals surface area contributed by atoms with E-state index in [1.165, 1.54) is 11.3 Å². The Morgan fingerprint density at radius 1 is 0.839 bits per heavy atom. The lowest BCUT2D eigenvalue weighted by Crippen LogP contribution is -2.11. The van der Waals surface area contributed by atoms with Gasteiger partial charge in [-0.3, -0.25) is 4.79 Å². The van der Waals surface area contributed by atoms with Crippen molar-refractivity contribution in [3.63, 3.8) is 0 Å². The molecular formula is C24H21N3O3S. The topological polar surface area (TPSA) is 72.5 Å². The molecule has 0 saturated carbocycles. The fraction of sp³-hybridized carbons (Fsp3) is 0.0833. The summed E-state index contributed by atoms with van der Waals surface area (Å²) in [5, 5.41) is 6.83. The van der Waals surface area contributed by atoms with Crippen LogP contribution in [0, 0.1) is 0 Å². The summed E-state index contributed by atoms with van der Waals surface area (Å²) in [6.07, 6.45) is 0. The van der Waals surface area contributed by atoms with Gasteiger partial charge < -0.3 is 20.1 Å². The fourth-order valence-corrected chi connectivity index (χ4v) is 3.91. The largest absolute Gasteiger partial charge is 0.497 e. The van der Waals surface area contributed by atoms with Gasteiger partial charge in [0.05, 0.1) is 19.9 Å². The molecular weight excluding hydrogens is 410 g/mol. The van der Waals surface area contributed by atoms with Gasteiger partial charge in [-0.25, -0.2) is 4.98 Å². The number of aromatic nitrogens is 1. The first-order valence-corrected chi connectivity index (χ1v) is 10.4. The second kappa shape index (κ2) is 9.32. The first kappa shape index (κ1) is 20.4. The molecule has 156 valence electrons. The highest BCUT2D eigenvalue weighted by Crippen LogP contribution is 2.34. The number of anilines is 3. The number of hydrogen-bond donors (Lipinski definition) is 2. The molecule has 1 amide bonds. The van der Waals surface area contributed by atoms with Crippen molar-refractivity contribution in [3.8, 4) is 22.8 Å². The van der Waals surface area contributed by atoms with Gasteiger partial charge in [0.25, 0.3) is 5.91 Å². The Bertz CT molecular complexity index is 1170. The molecule has 0 aliphatic heterocycles. The third-order valence-electron chi connectivity index (χ3n) is 4.55. The Morgan fingerprint density at radius 2 is 1.58 bits per heavy atom. The van der Waals surface area contributed by atoms with Crippen LogP contribution in [0.1, 0.15) is 9.67 Å². The van der Waals surface area contributed by atoms with Crippen molar-refractivity contribution >= 4 is 33.8 Å². The first-order valence-electron chi connectivity index (χ1n) is 9.59. The monoisotopic (exact) mass is 431 g/mol. The van der Waals surface area contributed by atoms with E-state index in [-0.39, 0.29) is 5.91 Å². The van der Waals surface area contributed by atoms with Gasteiger partial charge in [0.2, 0.25) is 0 Å². The number of benzene rings is 3. The van der Waals surface area contributed by atoms with Crippen LogP contribution in [0.2, 0.25) is 0 Å². The van der Waals surface area contributed by atoms with E-state index in [0.717, 1.165) is 22.7 Å². The average molecular weight is 432 g/mol. The number of methoxy groups -OCH3 is 2. The summed E-state index contributed by atoms with van der Waals surface area (Å²) in [5.74, 6) is 1.24. The zero-order valence-corrected chi connectivity index (χ0v) is 17.9. The number of carbonyl (C=O) groups is 1. The van der Waals surface area contributed by atoms with E-state index in [1.54, 1.807) is 38.5 Å². The van der Waals surface area contributed by atoms with E-state index in [2.05, 4.69) is 10.6 Å². The lowest BCUT2D eigenvalue weighted by Gasteiger charge is -2.06. The van der Waals surface area contributed by atoms with Gasteiger partial charge in [-0.05, 0) is 36.4 Å². The van der Waals surface area contributed by atoms with Crippen molar-refractivity contribution in [1.29, 1.82) is 0 Å². The molecule has 1 aromatic heterocycles. The molecule has 0 radical (unpaired) electrons. The summed E-state index contributed by atoms with van der Waals surface area (Å²) in [7, 11) is 3.23. The molecule has 31 heavy (non-hydrogen) atoms. The van der Waals surface area contributed by atoms with Crippen LogP contribution >= 0.6 is 11.3 Å². The highest BCUT2D eigenvalue weighted by molar-refractivity contribution is 7.18. The summed E-state index contributed by atoms with van der Waals surface area (Å²) in [4.78, 5) is 18.3. The molecule has 0 saturated heterocycles. The minimum absolute atomic E-state index is 0.222. The van der Waals surface area contributed by atoms with Crippen molar-refractivity contribution in [2.45, 2.75) is 0 Å². The summed E-state index contributed by atoms with van der Waals surface area (Å²) >= 11 is 1.30. The highest BCUT2D eigenvalue weighted by Gasteiger charge is 2.20. The van der Waals surface area contributed by atoms with Crippen molar-refractivity contribution in [1.82, 2.24) is 4.98 Å². The third kappa shape index (κ3) is 4.84. The third-order valence-corrected chi connectivity index (χ3v) is 5.52. The van der Waals surface area contributed by atoms with Crippen LogP contribution in [0.3, 0.4) is 0 Å². The second-order valence-corrected chi connectivity index (χ2v) is 7.60. The molecule has 0 bridgehead atoms. The number of carbonyl (C=O) groups excluding carboxylic acids is 1. The van der Waals surface area contributed by atoms with Crippen LogP contribution in [-0.2, 0) is 0 Å². The predicted octanol–water partition coefficient (Wildman–Crippen LogP) is 5.82. The lowest BCUT2D eigenvalue weighted by atomic mass is 10.1. The molecule has 4 rings (SSSR count). The highest BCUT2D eigenvalue weighted by atomic mass is 32.1. The van der Waals surface area contributed by atoms with Crippen LogP contribution in [0.5, 0.6) is 11.5 Å². The van der Waals surface area contributed by atoms with Crippen LogP contribution in [0.25, 0.3) is 11.3 Å². The number of nitrogens with one attached hydrogen (secondary N) is 2. The van der Waals surface area contributed by atoms with Crippen LogP contribution < -0.4 is 20.1 Å². The van der Waals surface area contributed by atoms with E-state index in [9.17, 15) is 4.79 Å². The van der Waals surface area contributed by atoms with E-state index in [0.29, 0.717) is 21.4 Å². The zero-order valence-electron chi connectivity index (χ0n) is 17.1. The number of nitrogens with zero attached hydrogens (tertiary/aromatic N) is 1. The molecule has 0 spiro atoms. The molecule has 0 atom stereocenters. The summed E-state index contributed by atoms with van der Waals surface area (Å²) < 4.78 is 10.5. The Hall–Kier alpha value is -3.84. The lowest BCUT2D eigenvalue weighted by molar-refractivity contribution is 0.103. The van der Waals surface area contributed by atoms with Crippen LogP contribution in [0.15, 0.2) is 78.9 Å². The summed E-state index contributed by atoms with van der Waals surface area (Å²) in [6, 6.07) is 24.4. The van der Waals surface area contributed by atoms with Gasteiger partial charge in [0.15, 0.2) is 5.13 Å². The Balaban J connectivity index is 1.65. The first-order chi connectivity index (χ1) is 15.2. The predicted molar refractivity (Wildman–Crippen MR) is 125 cm³/mol. The van der Waals surface area contributed by atoms with Crippen LogP contribution in [0.4, 0.5) is 16.5 Å². The van der Waals surface area contributed by atoms with E-state index < -0.39 is 0 Å². The number of thiazole rings is 1. The molecule has 0 fully saturated rings. The maximum Gasteiger partial charge on any atom is 0.268 e. The maximum atomic E-state index is 13.1. The molecule has 1 heterocycles. The molecule has 0 aliphatic rings. The molecule has 6 nitrogen and oxygen atoms in total. The normalized spacial score (nSPS) is 10.4. The molecule has 4 aromatic rings. The molecule has 2 N–H and O–H groups in total. The van der Waals surface area contributed by atoms with Gasteiger partial charge in [0, 0.05) is 23.0 Å². The van der Waals surface area contributed by atoms with Crippen molar-refractivity contribution in [2.75, 3.05) is 24.9 Å². The zero-order chi connectivity index (χ0) is 21.6. The Morgan fingerprint density at radius 3 is 2.29 bits per heavy atom. The standard InChI is InChI=1S/C24H21N3O3S/c1-29-19-13-11-17(12-14-19)25-23(28)22-21(16-7-4-3-5-8-16)27-24(31-22)26-18-9-6-10-20(15-18)30-2/h3-15H,1-2H3,(H,25,28)(H,26,27).